The molecule has 3 rings (SSSR count). The van der Waals surface area contributed by atoms with Gasteiger partial charge in [-0.2, -0.15) is 0 Å². The number of hydrogen-bond acceptors (Lipinski definition) is 2. The van der Waals surface area contributed by atoms with Gasteiger partial charge in [-0.05, 0) is 79.4 Å². The molecule has 3 aliphatic rings. The van der Waals surface area contributed by atoms with Crippen LogP contribution in [0.4, 0.5) is 0 Å². The third-order valence-corrected chi connectivity index (χ3v) is 10.3. The predicted octanol–water partition coefficient (Wildman–Crippen LogP) is 7.36. The molecule has 0 aromatic heterocycles. The van der Waals surface area contributed by atoms with Crippen LogP contribution >= 0.6 is 0 Å². The van der Waals surface area contributed by atoms with E-state index in [9.17, 15) is 10.2 Å². The second-order valence-corrected chi connectivity index (χ2v) is 12.1. The molecule has 0 radical (unpaired) electrons. The summed E-state index contributed by atoms with van der Waals surface area (Å²) in [5.41, 5.74) is 0.337. The average molecular weight is 421 g/mol. The number of rotatable bonds is 2. The van der Waals surface area contributed by atoms with Crippen LogP contribution in [0.2, 0.25) is 0 Å². The topological polar surface area (TPSA) is 40.5 Å². The summed E-state index contributed by atoms with van der Waals surface area (Å²) in [7, 11) is 0. The van der Waals surface area contributed by atoms with Crippen molar-refractivity contribution in [2.24, 2.45) is 40.9 Å². The van der Waals surface area contributed by atoms with Crippen LogP contribution in [0.15, 0.2) is 0 Å². The fraction of sp³-hybridized carbons (Fsp3) is 1.00. The van der Waals surface area contributed by atoms with Gasteiger partial charge in [0, 0.05) is 0 Å². The van der Waals surface area contributed by atoms with Crippen molar-refractivity contribution in [1.29, 1.82) is 0 Å². The Bertz CT molecular complexity index is 435. The van der Waals surface area contributed by atoms with Crippen LogP contribution in [-0.2, 0) is 0 Å². The van der Waals surface area contributed by atoms with Gasteiger partial charge in [0.15, 0.2) is 0 Å². The zero-order valence-electron chi connectivity index (χ0n) is 20.6. The van der Waals surface area contributed by atoms with Gasteiger partial charge in [-0.1, -0.05) is 85.5 Å². The van der Waals surface area contributed by atoms with Crippen molar-refractivity contribution in [2.45, 2.75) is 136 Å². The molecular weight excluding hydrogens is 368 g/mol. The molecular formula is C28H52O2. The maximum Gasteiger partial charge on any atom is 0.0571 e. The predicted molar refractivity (Wildman–Crippen MR) is 127 cm³/mol. The number of aliphatic hydroxyl groups excluding tert-OH is 2. The zero-order chi connectivity index (χ0) is 21.7. The molecule has 0 aromatic rings. The fourth-order valence-corrected chi connectivity index (χ4v) is 7.65. The summed E-state index contributed by atoms with van der Waals surface area (Å²) in [6.45, 7) is 9.27. The van der Waals surface area contributed by atoms with E-state index in [2.05, 4.69) is 27.7 Å². The molecule has 8 atom stereocenters. The molecule has 2 N–H and O–H groups in total. The van der Waals surface area contributed by atoms with Gasteiger partial charge >= 0.3 is 0 Å². The summed E-state index contributed by atoms with van der Waals surface area (Å²) in [5.74, 6) is 3.36. The van der Waals surface area contributed by atoms with E-state index in [4.69, 9.17) is 0 Å². The molecule has 0 spiro atoms. The first-order valence-corrected chi connectivity index (χ1v) is 13.7. The highest BCUT2D eigenvalue weighted by Gasteiger charge is 2.50. The van der Waals surface area contributed by atoms with Gasteiger partial charge in [0.2, 0.25) is 0 Å². The van der Waals surface area contributed by atoms with E-state index in [0.29, 0.717) is 40.9 Å². The van der Waals surface area contributed by atoms with E-state index in [-0.39, 0.29) is 12.2 Å². The third-order valence-electron chi connectivity index (χ3n) is 10.3. The van der Waals surface area contributed by atoms with E-state index in [0.717, 1.165) is 12.8 Å². The molecule has 3 aliphatic carbocycles. The van der Waals surface area contributed by atoms with Crippen molar-refractivity contribution in [2.75, 3.05) is 0 Å². The lowest BCUT2D eigenvalue weighted by Crippen LogP contribution is -2.49. The Kier molecular flexibility index (Phi) is 9.15. The summed E-state index contributed by atoms with van der Waals surface area (Å²) < 4.78 is 0. The summed E-state index contributed by atoms with van der Waals surface area (Å²) in [6, 6.07) is 0. The van der Waals surface area contributed by atoms with Crippen molar-refractivity contribution >= 4 is 0 Å². The van der Waals surface area contributed by atoms with Crippen LogP contribution in [0.5, 0.6) is 0 Å². The van der Waals surface area contributed by atoms with Crippen molar-refractivity contribution in [3.8, 4) is 0 Å². The van der Waals surface area contributed by atoms with E-state index in [1.165, 1.54) is 83.5 Å². The Morgan fingerprint density at radius 1 is 0.500 bits per heavy atom. The Morgan fingerprint density at radius 3 is 1.17 bits per heavy atom. The monoisotopic (exact) mass is 420 g/mol. The van der Waals surface area contributed by atoms with Gasteiger partial charge in [0.05, 0.1) is 12.2 Å². The van der Waals surface area contributed by atoms with Gasteiger partial charge < -0.3 is 10.2 Å². The minimum atomic E-state index is -0.137. The Balaban J connectivity index is 1.89. The van der Waals surface area contributed by atoms with Crippen LogP contribution in [-0.4, -0.2) is 22.4 Å². The maximum absolute atomic E-state index is 11.0. The SMILES string of the molecule is CC1CC(C2(C3CC(C)C(C)C(O)C3)CCCCCCCCCCC2)CC(O)C1C. The highest BCUT2D eigenvalue weighted by molar-refractivity contribution is 5.00. The standard InChI is InChI=1S/C28H52O2/c1-20-16-24(18-26(29)22(20)3)28(25-17-21(2)23(4)27(30)19-25)14-12-10-8-6-5-7-9-11-13-15-28/h20-27,29-30H,5-19H2,1-4H3. The molecule has 2 heteroatoms. The van der Waals surface area contributed by atoms with Crippen molar-refractivity contribution in [3.05, 3.63) is 0 Å². The quantitative estimate of drug-likeness (QED) is 0.490. The molecule has 0 heterocycles. The first kappa shape index (κ1) is 24.6. The molecule has 3 fully saturated rings. The Morgan fingerprint density at radius 2 is 0.833 bits per heavy atom. The molecule has 3 saturated carbocycles. The smallest absolute Gasteiger partial charge is 0.0571 e. The first-order valence-electron chi connectivity index (χ1n) is 13.7. The number of aliphatic hydroxyl groups is 2. The molecule has 0 saturated heterocycles. The molecule has 0 aromatic carbocycles. The zero-order valence-corrected chi connectivity index (χ0v) is 20.6. The van der Waals surface area contributed by atoms with Crippen LogP contribution in [0.1, 0.15) is 124 Å². The number of hydrogen-bond donors (Lipinski definition) is 2. The minimum absolute atomic E-state index is 0.137. The average Bonchev–Trinajstić information content (AvgIpc) is 2.70. The second-order valence-electron chi connectivity index (χ2n) is 12.1. The van der Waals surface area contributed by atoms with E-state index < -0.39 is 0 Å². The maximum atomic E-state index is 11.0. The summed E-state index contributed by atoms with van der Waals surface area (Å²) >= 11 is 0. The molecule has 2 nitrogen and oxygen atoms in total. The summed E-state index contributed by atoms with van der Waals surface area (Å²) in [4.78, 5) is 0. The van der Waals surface area contributed by atoms with Gasteiger partial charge in [0.25, 0.3) is 0 Å². The first-order chi connectivity index (χ1) is 14.3. The minimum Gasteiger partial charge on any atom is -0.393 e. The Hall–Kier alpha value is -0.0800. The van der Waals surface area contributed by atoms with Gasteiger partial charge in [-0.3, -0.25) is 0 Å². The van der Waals surface area contributed by atoms with Crippen molar-refractivity contribution in [1.82, 2.24) is 0 Å². The van der Waals surface area contributed by atoms with Gasteiger partial charge in [0.1, 0.15) is 0 Å². The highest BCUT2D eigenvalue weighted by atomic mass is 16.3. The van der Waals surface area contributed by atoms with Crippen LogP contribution < -0.4 is 0 Å². The van der Waals surface area contributed by atoms with Crippen LogP contribution in [0.3, 0.4) is 0 Å². The lowest BCUT2D eigenvalue weighted by molar-refractivity contribution is -0.0932. The second kappa shape index (κ2) is 11.2. The van der Waals surface area contributed by atoms with Gasteiger partial charge in [-0.25, -0.2) is 0 Å². The largest absolute Gasteiger partial charge is 0.393 e. The third kappa shape index (κ3) is 5.64. The molecule has 0 amide bonds. The van der Waals surface area contributed by atoms with E-state index in [1.807, 2.05) is 0 Å². The molecule has 0 aliphatic heterocycles. The normalized spacial score (nSPS) is 44.6. The fourth-order valence-electron chi connectivity index (χ4n) is 7.65. The van der Waals surface area contributed by atoms with E-state index in [1.54, 1.807) is 0 Å². The van der Waals surface area contributed by atoms with Crippen molar-refractivity contribution < 1.29 is 10.2 Å². The lowest BCUT2D eigenvalue weighted by Gasteiger charge is -2.55. The molecule has 176 valence electrons. The Labute approximate surface area is 187 Å². The van der Waals surface area contributed by atoms with E-state index >= 15 is 0 Å². The summed E-state index contributed by atoms with van der Waals surface area (Å²) in [6.07, 6.45) is 19.5. The summed E-state index contributed by atoms with van der Waals surface area (Å²) in [5, 5.41) is 21.9. The van der Waals surface area contributed by atoms with Crippen LogP contribution in [0.25, 0.3) is 0 Å². The van der Waals surface area contributed by atoms with Crippen LogP contribution in [0, 0.1) is 40.9 Å². The molecule has 30 heavy (non-hydrogen) atoms. The highest BCUT2D eigenvalue weighted by Crippen LogP contribution is 2.57. The van der Waals surface area contributed by atoms with Gasteiger partial charge in [-0.15, -0.1) is 0 Å². The lowest BCUT2D eigenvalue weighted by atomic mass is 9.51. The molecule has 0 bridgehead atoms. The molecule has 8 unspecified atom stereocenters. The van der Waals surface area contributed by atoms with Crippen molar-refractivity contribution in [3.63, 3.8) is 0 Å².